The Balaban J connectivity index is 2.09. The Kier molecular flexibility index (Phi) is 2.01. The fourth-order valence-corrected chi connectivity index (χ4v) is 1.70. The zero-order valence-electron chi connectivity index (χ0n) is 8.64. The second kappa shape index (κ2) is 3.51. The number of carboxylic acids is 1. The van der Waals surface area contributed by atoms with Gasteiger partial charge in [0.2, 0.25) is 6.79 Å². The number of H-pyrrole nitrogens is 1. The zero-order chi connectivity index (χ0) is 11.8. The first-order valence-corrected chi connectivity index (χ1v) is 4.93. The van der Waals surface area contributed by atoms with Gasteiger partial charge in [0.15, 0.2) is 11.5 Å². The fraction of sp³-hybridized carbons (Fsp3) is 0.0909. The summed E-state index contributed by atoms with van der Waals surface area (Å²) in [4.78, 5) is 10.8. The number of rotatable bonds is 2. The molecule has 3 rings (SSSR count). The predicted molar refractivity (Wildman–Crippen MR) is 57.1 cm³/mol. The summed E-state index contributed by atoms with van der Waals surface area (Å²) in [5.41, 5.74) is 1.27. The largest absolute Gasteiger partial charge is 0.477 e. The van der Waals surface area contributed by atoms with Crippen LogP contribution in [-0.2, 0) is 0 Å². The second-order valence-electron chi connectivity index (χ2n) is 3.51. The van der Waals surface area contributed by atoms with Crippen LogP contribution in [0.5, 0.6) is 11.5 Å². The first-order valence-electron chi connectivity index (χ1n) is 4.93. The number of benzene rings is 1. The summed E-state index contributed by atoms with van der Waals surface area (Å²) in [6.45, 7) is 0.169. The summed E-state index contributed by atoms with van der Waals surface area (Å²) in [7, 11) is 0. The van der Waals surface area contributed by atoms with Crippen LogP contribution in [0.3, 0.4) is 0 Å². The molecule has 0 bridgehead atoms. The molecule has 17 heavy (non-hydrogen) atoms. The van der Waals surface area contributed by atoms with E-state index in [9.17, 15) is 4.79 Å². The molecule has 6 nitrogen and oxygen atoms in total. The van der Waals surface area contributed by atoms with Gasteiger partial charge in [-0.25, -0.2) is 4.79 Å². The summed E-state index contributed by atoms with van der Waals surface area (Å²) >= 11 is 0. The van der Waals surface area contributed by atoms with Crippen LogP contribution >= 0.6 is 0 Å². The minimum Gasteiger partial charge on any atom is -0.477 e. The first kappa shape index (κ1) is 9.71. The van der Waals surface area contributed by atoms with Crippen LogP contribution in [-0.4, -0.2) is 28.1 Å². The third-order valence-electron chi connectivity index (χ3n) is 2.48. The van der Waals surface area contributed by atoms with Crippen LogP contribution in [0.2, 0.25) is 0 Å². The lowest BCUT2D eigenvalue weighted by Crippen LogP contribution is -1.95. The summed E-state index contributed by atoms with van der Waals surface area (Å²) < 4.78 is 10.6. The lowest BCUT2D eigenvalue weighted by molar-refractivity contribution is 0.0690. The van der Waals surface area contributed by atoms with Gasteiger partial charge in [0, 0.05) is 5.56 Å². The van der Waals surface area contributed by atoms with Gasteiger partial charge in [-0.3, -0.25) is 5.10 Å². The number of nitrogens with one attached hydrogen (secondary N) is 1. The van der Waals surface area contributed by atoms with E-state index in [2.05, 4.69) is 10.2 Å². The van der Waals surface area contributed by atoms with Crippen molar-refractivity contribution in [2.24, 2.45) is 0 Å². The number of nitrogens with zero attached hydrogens (tertiary/aromatic N) is 1. The Morgan fingerprint density at radius 2 is 2.29 bits per heavy atom. The van der Waals surface area contributed by atoms with Gasteiger partial charge in [0.1, 0.15) is 5.69 Å². The number of hydrogen-bond donors (Lipinski definition) is 2. The van der Waals surface area contributed by atoms with Crippen LogP contribution in [0, 0.1) is 0 Å². The van der Waals surface area contributed by atoms with E-state index >= 15 is 0 Å². The van der Waals surface area contributed by atoms with Crippen molar-refractivity contribution < 1.29 is 19.4 Å². The minimum absolute atomic E-state index is 0.0384. The van der Waals surface area contributed by atoms with E-state index in [1.165, 1.54) is 6.07 Å². The molecule has 0 amide bonds. The normalized spacial score (nSPS) is 12.7. The molecule has 2 aromatic rings. The van der Waals surface area contributed by atoms with Crippen molar-refractivity contribution in [3.8, 4) is 22.8 Å². The van der Waals surface area contributed by atoms with Crippen molar-refractivity contribution in [3.05, 3.63) is 30.0 Å². The number of aromatic carboxylic acids is 1. The van der Waals surface area contributed by atoms with E-state index in [0.29, 0.717) is 22.8 Å². The summed E-state index contributed by atoms with van der Waals surface area (Å²) in [6.07, 6.45) is 0. The Bertz CT molecular complexity index is 591. The minimum atomic E-state index is -1.05. The number of ether oxygens (including phenoxy) is 2. The molecule has 2 heterocycles. The average Bonchev–Trinajstić information content (AvgIpc) is 2.97. The van der Waals surface area contributed by atoms with Gasteiger partial charge in [-0.15, -0.1) is 0 Å². The molecule has 6 heteroatoms. The van der Waals surface area contributed by atoms with E-state index in [0.717, 1.165) is 0 Å². The third kappa shape index (κ3) is 1.50. The van der Waals surface area contributed by atoms with E-state index in [1.807, 2.05) is 0 Å². The monoisotopic (exact) mass is 232 g/mol. The van der Waals surface area contributed by atoms with Crippen LogP contribution in [0.15, 0.2) is 24.3 Å². The van der Waals surface area contributed by atoms with Crippen molar-refractivity contribution in [2.75, 3.05) is 6.79 Å². The van der Waals surface area contributed by atoms with E-state index < -0.39 is 5.97 Å². The summed E-state index contributed by atoms with van der Waals surface area (Å²) in [5, 5.41) is 15.2. The van der Waals surface area contributed by atoms with E-state index in [4.69, 9.17) is 14.6 Å². The highest BCUT2D eigenvalue weighted by molar-refractivity contribution is 5.87. The van der Waals surface area contributed by atoms with Crippen LogP contribution in [0.25, 0.3) is 11.3 Å². The molecule has 0 aliphatic carbocycles. The van der Waals surface area contributed by atoms with Crippen LogP contribution in [0.1, 0.15) is 10.5 Å². The molecule has 0 fully saturated rings. The molecule has 0 saturated heterocycles. The number of para-hydroxylation sites is 1. The van der Waals surface area contributed by atoms with Crippen LogP contribution in [0.4, 0.5) is 0 Å². The Hall–Kier alpha value is -2.50. The molecule has 1 aliphatic rings. The maximum atomic E-state index is 10.8. The Morgan fingerprint density at radius 3 is 3.06 bits per heavy atom. The molecule has 0 unspecified atom stereocenters. The van der Waals surface area contributed by atoms with Gasteiger partial charge in [-0.05, 0) is 18.2 Å². The number of fused-ring (bicyclic) bond motifs is 1. The van der Waals surface area contributed by atoms with Gasteiger partial charge >= 0.3 is 5.97 Å². The Morgan fingerprint density at radius 1 is 1.41 bits per heavy atom. The number of hydrogen-bond acceptors (Lipinski definition) is 4. The number of carbonyl (C=O) groups is 1. The van der Waals surface area contributed by atoms with Crippen molar-refractivity contribution in [1.82, 2.24) is 10.2 Å². The topological polar surface area (TPSA) is 84.4 Å². The smallest absolute Gasteiger partial charge is 0.353 e. The highest BCUT2D eigenvalue weighted by atomic mass is 16.7. The quantitative estimate of drug-likeness (QED) is 0.819. The average molecular weight is 232 g/mol. The van der Waals surface area contributed by atoms with E-state index in [1.54, 1.807) is 18.2 Å². The van der Waals surface area contributed by atoms with Gasteiger partial charge in [0.05, 0.1) is 5.69 Å². The molecule has 1 aliphatic heterocycles. The van der Waals surface area contributed by atoms with E-state index in [-0.39, 0.29) is 12.5 Å². The van der Waals surface area contributed by atoms with Gasteiger partial charge in [0.25, 0.3) is 0 Å². The zero-order valence-corrected chi connectivity index (χ0v) is 8.64. The summed E-state index contributed by atoms with van der Waals surface area (Å²) in [5.74, 6) is 0.187. The standard InChI is InChI=1S/C11H8N2O4/c14-11(15)8-4-7(12-13-8)6-2-1-3-9-10(6)17-5-16-9/h1-4H,5H2,(H,12,13)(H,14,15). The van der Waals surface area contributed by atoms with Crippen molar-refractivity contribution >= 4 is 5.97 Å². The Labute approximate surface area is 95.8 Å². The molecule has 0 radical (unpaired) electrons. The summed E-state index contributed by atoms with van der Waals surface area (Å²) in [6, 6.07) is 6.85. The van der Waals surface area contributed by atoms with Gasteiger partial charge in [-0.2, -0.15) is 5.10 Å². The number of carboxylic acid groups (broad SMARTS) is 1. The highest BCUT2D eigenvalue weighted by Gasteiger charge is 2.20. The second-order valence-corrected chi connectivity index (χ2v) is 3.51. The number of aromatic nitrogens is 2. The molecule has 0 spiro atoms. The maximum absolute atomic E-state index is 10.8. The highest BCUT2D eigenvalue weighted by Crippen LogP contribution is 2.40. The maximum Gasteiger partial charge on any atom is 0.353 e. The molecular weight excluding hydrogens is 224 g/mol. The van der Waals surface area contributed by atoms with Crippen LogP contribution < -0.4 is 9.47 Å². The fourth-order valence-electron chi connectivity index (χ4n) is 1.70. The predicted octanol–water partition coefficient (Wildman–Crippen LogP) is 1.50. The van der Waals surface area contributed by atoms with Crippen molar-refractivity contribution in [1.29, 1.82) is 0 Å². The molecule has 86 valence electrons. The van der Waals surface area contributed by atoms with Crippen molar-refractivity contribution in [3.63, 3.8) is 0 Å². The van der Waals surface area contributed by atoms with Gasteiger partial charge in [-0.1, -0.05) is 6.07 Å². The molecular formula is C11H8N2O4. The molecule has 1 aromatic heterocycles. The lowest BCUT2D eigenvalue weighted by atomic mass is 10.1. The van der Waals surface area contributed by atoms with Crippen molar-refractivity contribution in [2.45, 2.75) is 0 Å². The lowest BCUT2D eigenvalue weighted by Gasteiger charge is -2.01. The SMILES string of the molecule is O=C(O)c1cc(-c2cccc3c2OCO3)n[nH]1. The number of aromatic amines is 1. The molecule has 2 N–H and O–H groups in total. The molecule has 0 atom stereocenters. The van der Waals surface area contributed by atoms with Gasteiger partial charge < -0.3 is 14.6 Å². The third-order valence-corrected chi connectivity index (χ3v) is 2.48. The first-order chi connectivity index (χ1) is 8.25. The molecule has 1 aromatic carbocycles. The molecule has 0 saturated carbocycles.